The molecule has 0 aliphatic rings. The number of rotatable bonds is 7. The van der Waals surface area contributed by atoms with Gasteiger partial charge in [0.05, 0.1) is 0 Å². The van der Waals surface area contributed by atoms with Gasteiger partial charge in [0, 0.05) is 20.0 Å². The molecule has 15 heavy (non-hydrogen) atoms. The standard InChI is InChI=1S/C10H20N2O3/c1-8(6-12-9(2)14)4-3-5-11-10(15)7-13/h8,13H,3-7H2,1-2H3,(H,11,15)(H,12,14). The smallest absolute Gasteiger partial charge is 0.245 e. The Morgan fingerprint density at radius 1 is 1.33 bits per heavy atom. The molecule has 0 saturated heterocycles. The second kappa shape index (κ2) is 8.23. The maximum absolute atomic E-state index is 10.7. The maximum Gasteiger partial charge on any atom is 0.245 e. The Morgan fingerprint density at radius 3 is 2.53 bits per heavy atom. The second-order valence-electron chi connectivity index (χ2n) is 3.69. The Kier molecular flexibility index (Phi) is 7.62. The summed E-state index contributed by atoms with van der Waals surface area (Å²) < 4.78 is 0. The van der Waals surface area contributed by atoms with Crippen LogP contribution in [0.1, 0.15) is 26.7 Å². The fourth-order valence-corrected chi connectivity index (χ4v) is 1.15. The molecular formula is C10H20N2O3. The van der Waals surface area contributed by atoms with Gasteiger partial charge in [-0.05, 0) is 18.8 Å². The van der Waals surface area contributed by atoms with Crippen LogP contribution in [0.15, 0.2) is 0 Å². The van der Waals surface area contributed by atoms with Crippen LogP contribution in [0.4, 0.5) is 0 Å². The quantitative estimate of drug-likeness (QED) is 0.509. The highest BCUT2D eigenvalue weighted by Gasteiger charge is 2.03. The van der Waals surface area contributed by atoms with E-state index in [-0.39, 0.29) is 11.8 Å². The van der Waals surface area contributed by atoms with Gasteiger partial charge >= 0.3 is 0 Å². The summed E-state index contributed by atoms with van der Waals surface area (Å²) in [6.45, 7) is 4.33. The average Bonchev–Trinajstić information content (AvgIpc) is 2.21. The lowest BCUT2D eigenvalue weighted by Gasteiger charge is -2.11. The van der Waals surface area contributed by atoms with Gasteiger partial charge < -0.3 is 15.7 Å². The SMILES string of the molecule is CC(=O)NCC(C)CCCNC(=O)CO. The van der Waals surface area contributed by atoms with E-state index in [9.17, 15) is 9.59 Å². The number of aliphatic hydroxyl groups excluding tert-OH is 1. The molecule has 1 unspecified atom stereocenters. The van der Waals surface area contributed by atoms with Crippen molar-refractivity contribution in [2.75, 3.05) is 19.7 Å². The summed E-state index contributed by atoms with van der Waals surface area (Å²) in [5.41, 5.74) is 0. The molecule has 0 radical (unpaired) electrons. The molecule has 0 aliphatic heterocycles. The molecule has 88 valence electrons. The fourth-order valence-electron chi connectivity index (χ4n) is 1.15. The third-order valence-electron chi connectivity index (χ3n) is 2.04. The first-order valence-electron chi connectivity index (χ1n) is 5.18. The molecule has 0 saturated carbocycles. The second-order valence-corrected chi connectivity index (χ2v) is 3.69. The van der Waals surface area contributed by atoms with E-state index in [0.717, 1.165) is 12.8 Å². The highest BCUT2D eigenvalue weighted by atomic mass is 16.3. The number of amides is 2. The summed E-state index contributed by atoms with van der Waals surface area (Å²) in [5, 5.41) is 13.7. The van der Waals surface area contributed by atoms with Gasteiger partial charge in [-0.2, -0.15) is 0 Å². The number of aliphatic hydroxyl groups is 1. The van der Waals surface area contributed by atoms with Crippen LogP contribution in [0.25, 0.3) is 0 Å². The third kappa shape index (κ3) is 9.21. The van der Waals surface area contributed by atoms with Crippen LogP contribution < -0.4 is 10.6 Å². The first kappa shape index (κ1) is 13.9. The molecule has 5 heteroatoms. The van der Waals surface area contributed by atoms with E-state index in [1.54, 1.807) is 0 Å². The van der Waals surface area contributed by atoms with Gasteiger partial charge in [0.15, 0.2) is 0 Å². The molecule has 0 rings (SSSR count). The normalized spacial score (nSPS) is 11.9. The summed E-state index contributed by atoms with van der Waals surface area (Å²) in [5.74, 6) is 0.0416. The van der Waals surface area contributed by atoms with E-state index in [1.807, 2.05) is 6.92 Å². The Balaban J connectivity index is 3.34. The summed E-state index contributed by atoms with van der Waals surface area (Å²) >= 11 is 0. The molecule has 0 heterocycles. The molecular weight excluding hydrogens is 196 g/mol. The molecule has 0 aromatic heterocycles. The van der Waals surface area contributed by atoms with E-state index in [4.69, 9.17) is 5.11 Å². The van der Waals surface area contributed by atoms with Crippen molar-refractivity contribution in [3.05, 3.63) is 0 Å². The van der Waals surface area contributed by atoms with Crippen molar-refractivity contribution in [1.29, 1.82) is 0 Å². The fraction of sp³-hybridized carbons (Fsp3) is 0.800. The zero-order valence-corrected chi connectivity index (χ0v) is 9.38. The van der Waals surface area contributed by atoms with Gasteiger partial charge in [-0.1, -0.05) is 6.92 Å². The van der Waals surface area contributed by atoms with E-state index >= 15 is 0 Å². The third-order valence-corrected chi connectivity index (χ3v) is 2.04. The van der Waals surface area contributed by atoms with E-state index in [0.29, 0.717) is 19.0 Å². The first-order valence-corrected chi connectivity index (χ1v) is 5.18. The van der Waals surface area contributed by atoms with Gasteiger partial charge in [0.2, 0.25) is 11.8 Å². The lowest BCUT2D eigenvalue weighted by Crippen LogP contribution is -2.28. The predicted octanol–water partition coefficient (Wildman–Crippen LogP) is -0.353. The number of hydrogen-bond donors (Lipinski definition) is 3. The monoisotopic (exact) mass is 216 g/mol. The molecule has 3 N–H and O–H groups in total. The van der Waals surface area contributed by atoms with Crippen LogP contribution >= 0.6 is 0 Å². The van der Waals surface area contributed by atoms with Crippen LogP contribution in [-0.4, -0.2) is 36.6 Å². The van der Waals surface area contributed by atoms with Gasteiger partial charge in [-0.25, -0.2) is 0 Å². The van der Waals surface area contributed by atoms with Crippen molar-refractivity contribution < 1.29 is 14.7 Å². The van der Waals surface area contributed by atoms with Crippen molar-refractivity contribution in [1.82, 2.24) is 10.6 Å². The average molecular weight is 216 g/mol. The molecule has 0 aliphatic carbocycles. The molecule has 0 spiro atoms. The lowest BCUT2D eigenvalue weighted by molar-refractivity contribution is -0.123. The van der Waals surface area contributed by atoms with Crippen molar-refractivity contribution >= 4 is 11.8 Å². The van der Waals surface area contributed by atoms with Crippen LogP contribution in [-0.2, 0) is 9.59 Å². The van der Waals surface area contributed by atoms with Crippen molar-refractivity contribution in [2.24, 2.45) is 5.92 Å². The highest BCUT2D eigenvalue weighted by Crippen LogP contribution is 2.02. The Hall–Kier alpha value is -1.10. The van der Waals surface area contributed by atoms with Gasteiger partial charge in [-0.15, -0.1) is 0 Å². The summed E-state index contributed by atoms with van der Waals surface area (Å²) in [6.07, 6.45) is 1.79. The van der Waals surface area contributed by atoms with Crippen molar-refractivity contribution in [2.45, 2.75) is 26.7 Å². The van der Waals surface area contributed by atoms with E-state index in [2.05, 4.69) is 10.6 Å². The molecule has 2 amide bonds. The predicted molar refractivity (Wildman–Crippen MR) is 57.2 cm³/mol. The van der Waals surface area contributed by atoms with Gasteiger partial charge in [0.1, 0.15) is 6.61 Å². The molecule has 5 nitrogen and oxygen atoms in total. The zero-order chi connectivity index (χ0) is 11.7. The van der Waals surface area contributed by atoms with E-state index in [1.165, 1.54) is 6.92 Å². The number of nitrogens with one attached hydrogen (secondary N) is 2. The first-order chi connectivity index (χ1) is 7.06. The molecule has 0 bridgehead atoms. The minimum Gasteiger partial charge on any atom is -0.387 e. The number of carbonyl (C=O) groups is 2. The van der Waals surface area contributed by atoms with Gasteiger partial charge in [-0.3, -0.25) is 9.59 Å². The summed E-state index contributed by atoms with van der Waals surface area (Å²) in [4.78, 5) is 21.3. The topological polar surface area (TPSA) is 78.4 Å². The maximum atomic E-state index is 10.7. The minimum atomic E-state index is -0.457. The van der Waals surface area contributed by atoms with Gasteiger partial charge in [0.25, 0.3) is 0 Å². The lowest BCUT2D eigenvalue weighted by atomic mass is 10.1. The van der Waals surface area contributed by atoms with Crippen LogP contribution in [0.5, 0.6) is 0 Å². The van der Waals surface area contributed by atoms with Crippen LogP contribution in [0.3, 0.4) is 0 Å². The van der Waals surface area contributed by atoms with Crippen LogP contribution in [0, 0.1) is 5.92 Å². The molecule has 0 aromatic rings. The van der Waals surface area contributed by atoms with Crippen molar-refractivity contribution in [3.63, 3.8) is 0 Å². The molecule has 1 atom stereocenters. The zero-order valence-electron chi connectivity index (χ0n) is 9.38. The summed E-state index contributed by atoms with van der Waals surface area (Å²) in [7, 11) is 0. The number of hydrogen-bond acceptors (Lipinski definition) is 3. The Labute approximate surface area is 90.2 Å². The number of carbonyl (C=O) groups excluding carboxylic acids is 2. The molecule has 0 fully saturated rings. The largest absolute Gasteiger partial charge is 0.387 e. The Morgan fingerprint density at radius 2 is 2.00 bits per heavy atom. The van der Waals surface area contributed by atoms with Crippen LogP contribution in [0.2, 0.25) is 0 Å². The van der Waals surface area contributed by atoms with E-state index < -0.39 is 6.61 Å². The summed E-state index contributed by atoms with van der Waals surface area (Å²) in [6, 6.07) is 0. The minimum absolute atomic E-state index is 0.0181. The highest BCUT2D eigenvalue weighted by molar-refractivity contribution is 5.76. The molecule has 0 aromatic carbocycles. The Bertz CT molecular complexity index is 207. The van der Waals surface area contributed by atoms with Crippen molar-refractivity contribution in [3.8, 4) is 0 Å².